The maximum Gasteiger partial charge on any atom is 0.258 e. The van der Waals surface area contributed by atoms with Crippen LogP contribution in [0.25, 0.3) is 0 Å². The van der Waals surface area contributed by atoms with Crippen molar-refractivity contribution in [2.45, 2.75) is 31.8 Å². The Morgan fingerprint density at radius 2 is 2.04 bits per heavy atom. The van der Waals surface area contributed by atoms with E-state index in [2.05, 4.69) is 5.32 Å². The van der Waals surface area contributed by atoms with Crippen LogP contribution >= 0.6 is 0 Å². The number of nitrogens with zero attached hydrogens (tertiary/aromatic N) is 1. The van der Waals surface area contributed by atoms with Crippen LogP contribution in [0.1, 0.15) is 35.2 Å². The molecular weight excluding hydrogens is 347 g/mol. The first-order valence-corrected chi connectivity index (χ1v) is 9.24. The third-order valence-corrected chi connectivity index (χ3v) is 5.00. The number of anilines is 2. The first-order valence-electron chi connectivity index (χ1n) is 9.24. The van der Waals surface area contributed by atoms with Crippen molar-refractivity contribution in [3.63, 3.8) is 0 Å². The Kier molecular flexibility index (Phi) is 4.90. The zero-order valence-electron chi connectivity index (χ0n) is 14.9. The lowest BCUT2D eigenvalue weighted by atomic mass is 10.0. The van der Waals surface area contributed by atoms with E-state index in [0.717, 1.165) is 30.5 Å². The van der Waals surface area contributed by atoms with Crippen LogP contribution in [-0.2, 0) is 16.0 Å². The summed E-state index contributed by atoms with van der Waals surface area (Å²) >= 11 is 0. The summed E-state index contributed by atoms with van der Waals surface area (Å²) < 4.78 is 18.9. The van der Waals surface area contributed by atoms with Crippen molar-refractivity contribution >= 4 is 23.2 Å². The third-order valence-electron chi connectivity index (χ3n) is 5.00. The molecule has 2 aromatic carbocycles. The maximum absolute atomic E-state index is 13.5. The number of rotatable bonds is 3. The highest BCUT2D eigenvalue weighted by molar-refractivity contribution is 6.07. The number of carbonyl (C=O) groups is 2. The summed E-state index contributed by atoms with van der Waals surface area (Å²) in [4.78, 5) is 26.9. The molecule has 4 rings (SSSR count). The van der Waals surface area contributed by atoms with Crippen LogP contribution in [0.3, 0.4) is 0 Å². The van der Waals surface area contributed by atoms with E-state index in [9.17, 15) is 14.0 Å². The van der Waals surface area contributed by atoms with E-state index >= 15 is 0 Å². The van der Waals surface area contributed by atoms with E-state index in [1.165, 1.54) is 12.1 Å². The molecule has 2 heterocycles. The lowest BCUT2D eigenvalue weighted by molar-refractivity contribution is -0.124. The molecule has 1 N–H and O–H groups in total. The molecule has 2 aliphatic rings. The van der Waals surface area contributed by atoms with Crippen molar-refractivity contribution in [3.05, 3.63) is 59.4 Å². The number of hydrogen-bond acceptors (Lipinski definition) is 3. The van der Waals surface area contributed by atoms with E-state index in [1.54, 1.807) is 35.2 Å². The summed E-state index contributed by atoms with van der Waals surface area (Å²) in [6, 6.07) is 11.4. The van der Waals surface area contributed by atoms with Gasteiger partial charge in [0.1, 0.15) is 11.9 Å². The number of amides is 2. The van der Waals surface area contributed by atoms with Crippen molar-refractivity contribution in [2.75, 3.05) is 23.4 Å². The molecule has 0 saturated carbocycles. The monoisotopic (exact) mass is 368 g/mol. The highest BCUT2D eigenvalue weighted by Crippen LogP contribution is 2.29. The SMILES string of the molecule is O=C(Nc1cccc(C(=O)N2CCCc3cc(F)ccc32)c1)[C@@H]1CCCO1. The zero-order valence-corrected chi connectivity index (χ0v) is 14.9. The summed E-state index contributed by atoms with van der Waals surface area (Å²) in [5.41, 5.74) is 2.65. The van der Waals surface area contributed by atoms with Crippen molar-refractivity contribution in [1.82, 2.24) is 0 Å². The number of ether oxygens (including phenoxy) is 1. The van der Waals surface area contributed by atoms with Gasteiger partial charge in [-0.05, 0) is 67.6 Å². The number of aryl methyl sites for hydroxylation is 1. The molecule has 0 radical (unpaired) electrons. The van der Waals surface area contributed by atoms with Gasteiger partial charge in [0.15, 0.2) is 0 Å². The highest BCUT2D eigenvalue weighted by Gasteiger charge is 2.26. The van der Waals surface area contributed by atoms with Gasteiger partial charge in [-0.3, -0.25) is 9.59 Å². The lowest BCUT2D eigenvalue weighted by Crippen LogP contribution is -2.35. The number of nitrogens with one attached hydrogen (secondary N) is 1. The highest BCUT2D eigenvalue weighted by atomic mass is 19.1. The molecule has 0 unspecified atom stereocenters. The van der Waals surface area contributed by atoms with Gasteiger partial charge in [0.25, 0.3) is 11.8 Å². The van der Waals surface area contributed by atoms with Crippen molar-refractivity contribution in [2.24, 2.45) is 0 Å². The largest absolute Gasteiger partial charge is 0.368 e. The standard InChI is InChI=1S/C21H21FN2O3/c22-16-8-9-18-14(12-16)5-2-10-24(18)21(26)15-4-1-6-17(13-15)23-20(25)19-7-3-11-27-19/h1,4,6,8-9,12-13,19H,2-3,5,7,10-11H2,(H,23,25)/t19-/m0/s1. The van der Waals surface area contributed by atoms with Crippen molar-refractivity contribution < 1.29 is 18.7 Å². The quantitative estimate of drug-likeness (QED) is 0.902. The Bertz CT molecular complexity index is 877. The van der Waals surface area contributed by atoms with Crippen molar-refractivity contribution in [3.8, 4) is 0 Å². The number of benzene rings is 2. The molecule has 6 heteroatoms. The Labute approximate surface area is 157 Å². The van der Waals surface area contributed by atoms with Gasteiger partial charge in [0.05, 0.1) is 0 Å². The van der Waals surface area contributed by atoms with Crippen LogP contribution in [0.4, 0.5) is 15.8 Å². The fraction of sp³-hybridized carbons (Fsp3) is 0.333. The molecule has 2 aliphatic heterocycles. The van der Waals surface area contributed by atoms with Gasteiger partial charge in [-0.1, -0.05) is 6.07 Å². The van der Waals surface area contributed by atoms with Gasteiger partial charge in [0, 0.05) is 30.1 Å². The summed E-state index contributed by atoms with van der Waals surface area (Å²) in [6.07, 6.45) is 2.72. The van der Waals surface area contributed by atoms with Crippen LogP contribution in [0.2, 0.25) is 0 Å². The number of fused-ring (bicyclic) bond motifs is 1. The van der Waals surface area contributed by atoms with E-state index in [0.29, 0.717) is 30.8 Å². The molecular formula is C21H21FN2O3. The molecule has 140 valence electrons. The molecule has 0 aromatic heterocycles. The first kappa shape index (κ1) is 17.7. The smallest absolute Gasteiger partial charge is 0.258 e. The maximum atomic E-state index is 13.5. The van der Waals surface area contributed by atoms with Crippen LogP contribution in [0.15, 0.2) is 42.5 Å². The third kappa shape index (κ3) is 3.71. The second-order valence-corrected chi connectivity index (χ2v) is 6.91. The fourth-order valence-electron chi connectivity index (χ4n) is 3.67. The van der Waals surface area contributed by atoms with E-state index < -0.39 is 6.10 Å². The van der Waals surface area contributed by atoms with Crippen LogP contribution < -0.4 is 10.2 Å². The molecule has 1 fully saturated rings. The molecule has 27 heavy (non-hydrogen) atoms. The summed E-state index contributed by atoms with van der Waals surface area (Å²) in [5, 5.41) is 2.82. The summed E-state index contributed by atoms with van der Waals surface area (Å²) in [5.74, 6) is -0.631. The van der Waals surface area contributed by atoms with E-state index in [1.807, 2.05) is 0 Å². The number of carbonyl (C=O) groups excluding carboxylic acids is 2. The van der Waals surface area contributed by atoms with Crippen LogP contribution in [-0.4, -0.2) is 31.1 Å². The summed E-state index contributed by atoms with van der Waals surface area (Å²) in [7, 11) is 0. The Morgan fingerprint density at radius 3 is 2.85 bits per heavy atom. The number of halogens is 1. The molecule has 0 bridgehead atoms. The van der Waals surface area contributed by atoms with Crippen LogP contribution in [0.5, 0.6) is 0 Å². The average molecular weight is 368 g/mol. The molecule has 2 amide bonds. The van der Waals surface area contributed by atoms with Gasteiger partial charge in [0.2, 0.25) is 0 Å². The second kappa shape index (κ2) is 7.48. The first-order chi connectivity index (χ1) is 13.1. The fourth-order valence-corrected chi connectivity index (χ4v) is 3.67. The van der Waals surface area contributed by atoms with Gasteiger partial charge in [-0.25, -0.2) is 4.39 Å². The molecule has 0 spiro atoms. The Hall–Kier alpha value is -2.73. The minimum atomic E-state index is -0.423. The zero-order chi connectivity index (χ0) is 18.8. The molecule has 5 nitrogen and oxygen atoms in total. The van der Waals surface area contributed by atoms with Crippen LogP contribution in [0, 0.1) is 5.82 Å². The predicted octanol–water partition coefficient (Wildman–Crippen LogP) is 3.54. The lowest BCUT2D eigenvalue weighted by Gasteiger charge is -2.29. The Balaban J connectivity index is 1.54. The molecule has 2 aromatic rings. The number of hydrogen-bond donors (Lipinski definition) is 1. The van der Waals surface area contributed by atoms with Gasteiger partial charge in [-0.2, -0.15) is 0 Å². The molecule has 0 aliphatic carbocycles. The molecule has 1 atom stereocenters. The normalized spacial score (nSPS) is 18.9. The Morgan fingerprint density at radius 1 is 1.15 bits per heavy atom. The topological polar surface area (TPSA) is 58.6 Å². The second-order valence-electron chi connectivity index (χ2n) is 6.91. The van der Waals surface area contributed by atoms with Gasteiger partial charge >= 0.3 is 0 Å². The minimum Gasteiger partial charge on any atom is -0.368 e. The van der Waals surface area contributed by atoms with Gasteiger partial charge < -0.3 is 15.0 Å². The molecule has 1 saturated heterocycles. The minimum absolute atomic E-state index is 0.157. The predicted molar refractivity (Wildman–Crippen MR) is 100 cm³/mol. The van der Waals surface area contributed by atoms with E-state index in [4.69, 9.17) is 4.74 Å². The average Bonchev–Trinajstić information content (AvgIpc) is 3.22. The van der Waals surface area contributed by atoms with Gasteiger partial charge in [-0.15, -0.1) is 0 Å². The van der Waals surface area contributed by atoms with E-state index in [-0.39, 0.29) is 17.6 Å². The van der Waals surface area contributed by atoms with Crippen molar-refractivity contribution in [1.29, 1.82) is 0 Å². The summed E-state index contributed by atoms with van der Waals surface area (Å²) in [6.45, 7) is 1.19.